The summed E-state index contributed by atoms with van der Waals surface area (Å²) in [5.41, 5.74) is 3.44. The Balaban J connectivity index is 1.34. The van der Waals surface area contributed by atoms with Crippen LogP contribution in [0.15, 0.2) is 78.9 Å². The van der Waals surface area contributed by atoms with Crippen molar-refractivity contribution in [2.45, 2.75) is 45.3 Å². The number of phenolic OH excluding ortho intramolecular Hbond substituents is 2. The first kappa shape index (κ1) is 28.1. The Kier molecular flexibility index (Phi) is 7.15. The van der Waals surface area contributed by atoms with Crippen LogP contribution in [0.3, 0.4) is 0 Å². The average molecular weight is 543 g/mol. The molecule has 0 heterocycles. The van der Waals surface area contributed by atoms with Gasteiger partial charge in [-0.25, -0.2) is 0 Å². The van der Waals surface area contributed by atoms with Crippen LogP contribution in [0.5, 0.6) is 11.5 Å². The van der Waals surface area contributed by atoms with Crippen molar-refractivity contribution >= 4 is 5.78 Å². The molecule has 2 fully saturated rings. The summed E-state index contributed by atoms with van der Waals surface area (Å²) >= 11 is 0. The number of rotatable bonds is 9. The van der Waals surface area contributed by atoms with E-state index < -0.39 is 22.5 Å². The highest BCUT2D eigenvalue weighted by Gasteiger charge is 2.79. The number of aliphatic hydroxyl groups is 2. The smallest absolute Gasteiger partial charge is 0.185 e. The summed E-state index contributed by atoms with van der Waals surface area (Å²) in [5, 5.41) is 42.0. The molecule has 0 spiro atoms. The molecule has 3 aromatic rings. The first-order chi connectivity index (χ1) is 19.0. The van der Waals surface area contributed by atoms with Gasteiger partial charge in [0.25, 0.3) is 0 Å². The summed E-state index contributed by atoms with van der Waals surface area (Å²) in [4.78, 5) is 14.0. The number of aromatic hydroxyl groups is 2. The molecule has 40 heavy (non-hydrogen) atoms. The molecule has 0 radical (unpaired) electrons. The standard InChI is InChI=1S/C34H38O6/c1-21-31-27(20-35)19-33(32(21,2)3,34(31,39)40-4)30(38)15-10-22-6-5-7-24(16-22)25-11-12-26(29(37)18-25)17-23-8-13-28(36)14-9-23/h5-9,11-14,16,18,27,31,35-37,39H,1,10,15,17,19-20H2,2-4H3/t27-,31+,33+,34+/m0/s1. The second-order valence-corrected chi connectivity index (χ2v) is 11.9. The van der Waals surface area contributed by atoms with Crippen LogP contribution in [0.4, 0.5) is 0 Å². The highest BCUT2D eigenvalue weighted by Crippen LogP contribution is 2.73. The van der Waals surface area contributed by atoms with Crippen molar-refractivity contribution in [2.24, 2.45) is 22.7 Å². The molecule has 6 nitrogen and oxygen atoms in total. The second kappa shape index (κ2) is 10.2. The van der Waals surface area contributed by atoms with Gasteiger partial charge in [0.15, 0.2) is 5.79 Å². The molecular weight excluding hydrogens is 504 g/mol. The molecular formula is C34H38O6. The Morgan fingerprint density at radius 1 is 1.00 bits per heavy atom. The van der Waals surface area contributed by atoms with E-state index in [0.29, 0.717) is 19.3 Å². The van der Waals surface area contributed by atoms with Crippen LogP contribution in [0.25, 0.3) is 11.1 Å². The SMILES string of the molecule is C=C1[C@@H]2[C@H](CO)C[C@@](C(=O)CCc3cccc(-c4ccc(Cc5ccc(O)cc5)c(O)c4)c3)(C1(C)C)[C@]2(O)OC. The highest BCUT2D eigenvalue weighted by atomic mass is 16.6. The summed E-state index contributed by atoms with van der Waals surface area (Å²) in [6.07, 6.45) is 1.60. The van der Waals surface area contributed by atoms with Crippen LogP contribution in [0.2, 0.25) is 0 Å². The first-order valence-corrected chi connectivity index (χ1v) is 13.8. The minimum atomic E-state index is -1.70. The van der Waals surface area contributed by atoms with Crippen LogP contribution >= 0.6 is 0 Å². The third-order valence-electron chi connectivity index (χ3n) is 9.66. The van der Waals surface area contributed by atoms with E-state index in [1.54, 1.807) is 18.2 Å². The van der Waals surface area contributed by atoms with Crippen molar-refractivity contribution in [3.05, 3.63) is 95.6 Å². The zero-order valence-corrected chi connectivity index (χ0v) is 23.4. The van der Waals surface area contributed by atoms with Crippen LogP contribution in [0.1, 0.15) is 43.4 Å². The number of methoxy groups -OCH3 is 1. The van der Waals surface area contributed by atoms with Gasteiger partial charge in [-0.2, -0.15) is 0 Å². The maximum absolute atomic E-state index is 14.0. The molecule has 6 heteroatoms. The lowest BCUT2D eigenvalue weighted by Crippen LogP contribution is -2.55. The largest absolute Gasteiger partial charge is 0.508 e. The number of fused-ring (bicyclic) bond motifs is 2. The Hall–Kier alpha value is -3.45. The molecule has 0 aromatic heterocycles. The van der Waals surface area contributed by atoms with Crippen LogP contribution < -0.4 is 0 Å². The lowest BCUT2D eigenvalue weighted by Gasteiger charge is -2.46. The fourth-order valence-corrected chi connectivity index (χ4v) is 7.37. The fourth-order valence-electron chi connectivity index (χ4n) is 7.37. The van der Waals surface area contributed by atoms with Crippen molar-refractivity contribution in [3.8, 4) is 22.6 Å². The zero-order valence-electron chi connectivity index (χ0n) is 23.4. The van der Waals surface area contributed by atoms with Crippen LogP contribution in [-0.2, 0) is 22.4 Å². The Bertz CT molecular complexity index is 1440. The Morgan fingerprint density at radius 2 is 1.70 bits per heavy atom. The van der Waals surface area contributed by atoms with E-state index in [0.717, 1.165) is 33.4 Å². The van der Waals surface area contributed by atoms with Gasteiger partial charge in [-0.3, -0.25) is 4.79 Å². The molecule has 2 saturated carbocycles. The average Bonchev–Trinajstić information content (AvgIpc) is 3.29. The van der Waals surface area contributed by atoms with E-state index in [1.807, 2.05) is 62.4 Å². The summed E-state index contributed by atoms with van der Waals surface area (Å²) in [5.74, 6) is -2.14. The molecule has 2 aliphatic rings. The molecule has 4 atom stereocenters. The summed E-state index contributed by atoms with van der Waals surface area (Å²) in [6.45, 7) is 7.99. The third kappa shape index (κ3) is 4.17. The van der Waals surface area contributed by atoms with Crippen LogP contribution in [-0.4, -0.2) is 45.7 Å². The fraction of sp³-hybridized carbons (Fsp3) is 0.382. The number of carbonyl (C=O) groups is 1. The number of ether oxygens (including phenoxy) is 1. The lowest BCUT2D eigenvalue weighted by molar-refractivity contribution is -0.253. The maximum Gasteiger partial charge on any atom is 0.185 e. The van der Waals surface area contributed by atoms with Crippen molar-refractivity contribution in [3.63, 3.8) is 0 Å². The topological polar surface area (TPSA) is 107 Å². The van der Waals surface area contributed by atoms with Gasteiger partial charge in [-0.1, -0.05) is 74.5 Å². The zero-order chi connectivity index (χ0) is 28.9. The van der Waals surface area contributed by atoms with E-state index in [9.17, 15) is 25.2 Å². The monoisotopic (exact) mass is 542 g/mol. The van der Waals surface area contributed by atoms with Crippen molar-refractivity contribution < 1.29 is 30.0 Å². The number of benzene rings is 3. The minimum Gasteiger partial charge on any atom is -0.508 e. The number of carbonyl (C=O) groups excluding carboxylic acids is 1. The van der Waals surface area contributed by atoms with Crippen LogP contribution in [0, 0.1) is 22.7 Å². The van der Waals surface area contributed by atoms with E-state index in [4.69, 9.17) is 4.74 Å². The minimum absolute atomic E-state index is 0.0805. The second-order valence-electron chi connectivity index (χ2n) is 11.9. The van der Waals surface area contributed by atoms with Gasteiger partial charge in [0.05, 0.1) is 5.41 Å². The number of ketones is 1. The van der Waals surface area contributed by atoms with E-state index in [1.165, 1.54) is 7.11 Å². The summed E-state index contributed by atoms with van der Waals surface area (Å²) < 4.78 is 5.67. The Labute approximate surface area is 235 Å². The number of Topliss-reactive ketones (excluding diaryl/α,β-unsaturated/α-hetero) is 1. The number of hydrogen-bond donors (Lipinski definition) is 4. The summed E-state index contributed by atoms with van der Waals surface area (Å²) in [6, 6.07) is 20.5. The predicted molar refractivity (Wildman–Crippen MR) is 154 cm³/mol. The molecule has 0 saturated heterocycles. The van der Waals surface area contributed by atoms with Gasteiger partial charge in [-0.15, -0.1) is 0 Å². The molecule has 4 N–H and O–H groups in total. The molecule has 0 aliphatic heterocycles. The van der Waals surface area contributed by atoms with Gasteiger partial charge in [0.1, 0.15) is 17.3 Å². The maximum atomic E-state index is 14.0. The summed E-state index contributed by atoms with van der Waals surface area (Å²) in [7, 11) is 1.43. The molecule has 5 rings (SSSR count). The lowest BCUT2D eigenvalue weighted by atomic mass is 9.58. The number of hydrogen-bond acceptors (Lipinski definition) is 6. The van der Waals surface area contributed by atoms with E-state index in [-0.39, 0.29) is 36.2 Å². The highest BCUT2D eigenvalue weighted by molar-refractivity contribution is 5.89. The van der Waals surface area contributed by atoms with Crippen molar-refractivity contribution in [2.75, 3.05) is 13.7 Å². The molecule has 3 aromatic carbocycles. The normalized spacial score (nSPS) is 26.8. The number of aliphatic hydroxyl groups excluding tert-OH is 1. The molecule has 2 aliphatic carbocycles. The molecule has 210 valence electrons. The molecule has 2 bridgehead atoms. The van der Waals surface area contributed by atoms with E-state index >= 15 is 0 Å². The van der Waals surface area contributed by atoms with E-state index in [2.05, 4.69) is 6.58 Å². The molecule has 0 amide bonds. The first-order valence-electron chi connectivity index (χ1n) is 13.8. The number of aryl methyl sites for hydroxylation is 1. The van der Waals surface area contributed by atoms with Gasteiger partial charge >= 0.3 is 0 Å². The van der Waals surface area contributed by atoms with Gasteiger partial charge in [-0.05, 0) is 64.8 Å². The Morgan fingerprint density at radius 3 is 2.35 bits per heavy atom. The van der Waals surface area contributed by atoms with Gasteiger partial charge in [0.2, 0.25) is 0 Å². The van der Waals surface area contributed by atoms with Gasteiger partial charge in [0, 0.05) is 37.9 Å². The van der Waals surface area contributed by atoms with Gasteiger partial charge < -0.3 is 25.2 Å². The molecule has 0 unspecified atom stereocenters. The van der Waals surface area contributed by atoms with Crippen molar-refractivity contribution in [1.82, 2.24) is 0 Å². The third-order valence-corrected chi connectivity index (χ3v) is 9.66. The predicted octanol–water partition coefficient (Wildman–Crippen LogP) is 5.40. The number of phenols is 2. The quantitative estimate of drug-likeness (QED) is 0.213. The van der Waals surface area contributed by atoms with Crippen molar-refractivity contribution in [1.29, 1.82) is 0 Å².